The number of allylic oxidation sites excluding steroid dienone is 4. The summed E-state index contributed by atoms with van der Waals surface area (Å²) in [5, 5.41) is 10.6. The van der Waals surface area contributed by atoms with Crippen molar-refractivity contribution < 1.29 is 80.2 Å². The molecule has 0 aliphatic heterocycles. The fraction of sp³-hybridized carbons (Fsp3) is 0.893. The molecule has 3 N–H and O–H groups in total. The highest BCUT2D eigenvalue weighted by atomic mass is 31.2. The summed E-state index contributed by atoms with van der Waals surface area (Å²) in [6.07, 6.45) is 53.8. The van der Waals surface area contributed by atoms with E-state index >= 15 is 0 Å². The van der Waals surface area contributed by atoms with Crippen LogP contribution >= 0.6 is 15.6 Å². The molecule has 5 atom stereocenters. The lowest BCUT2D eigenvalue weighted by atomic mass is 10.0. The van der Waals surface area contributed by atoms with Gasteiger partial charge in [-0.15, -0.1) is 0 Å². The van der Waals surface area contributed by atoms with Gasteiger partial charge in [0.2, 0.25) is 0 Å². The van der Waals surface area contributed by atoms with E-state index in [0.29, 0.717) is 31.6 Å². The van der Waals surface area contributed by atoms with Gasteiger partial charge in [0.1, 0.15) is 19.3 Å². The second kappa shape index (κ2) is 65.2. The molecular formula is C75H142O17P2. The van der Waals surface area contributed by atoms with E-state index in [0.717, 1.165) is 121 Å². The van der Waals surface area contributed by atoms with Gasteiger partial charge in [-0.1, -0.05) is 304 Å². The monoisotopic (exact) mass is 1380 g/mol. The number of hydrogen-bond donors (Lipinski definition) is 3. The summed E-state index contributed by atoms with van der Waals surface area (Å²) in [7, 11) is -9.92. The zero-order chi connectivity index (χ0) is 69.4. The minimum Gasteiger partial charge on any atom is -0.462 e. The van der Waals surface area contributed by atoms with Crippen molar-refractivity contribution in [3.8, 4) is 0 Å². The highest BCUT2D eigenvalue weighted by Gasteiger charge is 2.30. The molecule has 0 aromatic carbocycles. The van der Waals surface area contributed by atoms with Crippen molar-refractivity contribution in [3.05, 3.63) is 24.3 Å². The Morgan fingerprint density at radius 1 is 0.330 bits per heavy atom. The Balaban J connectivity index is 5.25. The lowest BCUT2D eigenvalue weighted by Crippen LogP contribution is -2.30. The molecule has 17 nitrogen and oxygen atoms in total. The number of aliphatic hydroxyl groups is 1. The summed E-state index contributed by atoms with van der Waals surface area (Å²) in [4.78, 5) is 72.7. The van der Waals surface area contributed by atoms with E-state index in [1.807, 2.05) is 0 Å². The first kappa shape index (κ1) is 91.5. The largest absolute Gasteiger partial charge is 0.472 e. The Hall–Kier alpha value is -2.46. The van der Waals surface area contributed by atoms with Gasteiger partial charge in [-0.05, 0) is 69.1 Å². The second-order valence-corrected chi connectivity index (χ2v) is 30.7. The van der Waals surface area contributed by atoms with Crippen LogP contribution in [0.1, 0.15) is 357 Å². The standard InChI is InChI=1S/C75H142O17P2/c1-8-9-10-11-12-13-14-15-18-22-25-28-34-42-49-56-72(77)85-62-70(91-74(79)58-51-44-36-29-26-23-20-17-16-19-21-24-27-32-39-46-53-66(2)3)64-89-93(81,82)87-60-69(76)61-88-94(83,84)90-65-71(92-75(80)59-52-45-38-37-41-48-55-68(6)7)63-86-73(78)57-50-43-35-31-30-33-40-47-54-67(4)5/h13-15,18,66-71,76H,8-12,16-17,19-65H2,1-7H3,(H,81,82)(H,83,84)/b14-13-,18-15-/t69?,70-,71-/m1/s1. The fourth-order valence-corrected chi connectivity index (χ4v) is 12.5. The van der Waals surface area contributed by atoms with Crippen LogP contribution in [0.2, 0.25) is 0 Å². The van der Waals surface area contributed by atoms with Crippen LogP contribution < -0.4 is 0 Å². The highest BCUT2D eigenvalue weighted by Crippen LogP contribution is 2.45. The third-order valence-electron chi connectivity index (χ3n) is 16.8. The number of aliphatic hydroxyl groups excluding tert-OH is 1. The van der Waals surface area contributed by atoms with Gasteiger partial charge in [0.15, 0.2) is 12.2 Å². The Bertz CT molecular complexity index is 1930. The zero-order valence-electron chi connectivity index (χ0n) is 60.9. The van der Waals surface area contributed by atoms with Crippen LogP contribution in [-0.4, -0.2) is 96.7 Å². The number of rotatable bonds is 71. The first-order chi connectivity index (χ1) is 45.2. The molecule has 0 saturated heterocycles. The molecule has 554 valence electrons. The van der Waals surface area contributed by atoms with Crippen molar-refractivity contribution in [2.75, 3.05) is 39.6 Å². The van der Waals surface area contributed by atoms with Crippen molar-refractivity contribution in [2.24, 2.45) is 17.8 Å². The maximum Gasteiger partial charge on any atom is 0.472 e. The summed E-state index contributed by atoms with van der Waals surface area (Å²) < 4.78 is 68.4. The average molecular weight is 1380 g/mol. The number of phosphoric ester groups is 2. The fourth-order valence-electron chi connectivity index (χ4n) is 10.9. The van der Waals surface area contributed by atoms with Crippen molar-refractivity contribution in [1.82, 2.24) is 0 Å². The number of ether oxygens (including phenoxy) is 4. The average Bonchev–Trinajstić information content (AvgIpc) is 1.60. The summed E-state index contributed by atoms with van der Waals surface area (Å²) >= 11 is 0. The number of unbranched alkanes of at least 4 members (excludes halogenated alkanes) is 36. The van der Waals surface area contributed by atoms with Crippen molar-refractivity contribution >= 4 is 39.5 Å². The number of phosphoric acid groups is 2. The Kier molecular flexibility index (Phi) is 63.5. The molecule has 0 aliphatic rings. The van der Waals surface area contributed by atoms with Crippen LogP contribution in [0.4, 0.5) is 0 Å². The minimum atomic E-state index is -4.96. The topological polar surface area (TPSA) is 237 Å². The molecule has 0 aromatic heterocycles. The predicted molar refractivity (Wildman–Crippen MR) is 381 cm³/mol. The molecule has 94 heavy (non-hydrogen) atoms. The van der Waals surface area contributed by atoms with Gasteiger partial charge in [0.05, 0.1) is 26.4 Å². The molecule has 0 aliphatic carbocycles. The third-order valence-corrected chi connectivity index (χ3v) is 18.7. The molecule has 0 bridgehead atoms. The summed E-state index contributed by atoms with van der Waals surface area (Å²) in [5.41, 5.74) is 0. The summed E-state index contributed by atoms with van der Waals surface area (Å²) in [6, 6.07) is 0. The quantitative estimate of drug-likeness (QED) is 0.0169. The van der Waals surface area contributed by atoms with Gasteiger partial charge >= 0.3 is 39.5 Å². The number of carbonyl (C=O) groups is 4. The second-order valence-electron chi connectivity index (χ2n) is 27.8. The highest BCUT2D eigenvalue weighted by molar-refractivity contribution is 7.47. The van der Waals surface area contributed by atoms with Gasteiger partial charge in [0, 0.05) is 25.7 Å². The zero-order valence-corrected chi connectivity index (χ0v) is 62.7. The predicted octanol–water partition coefficient (Wildman–Crippen LogP) is 21.3. The van der Waals surface area contributed by atoms with Gasteiger partial charge in [-0.2, -0.15) is 0 Å². The minimum absolute atomic E-state index is 0.0991. The Labute approximate surface area is 573 Å². The molecule has 0 spiro atoms. The van der Waals surface area contributed by atoms with Crippen molar-refractivity contribution in [3.63, 3.8) is 0 Å². The molecular weight excluding hydrogens is 1230 g/mol. The molecule has 0 radical (unpaired) electrons. The first-order valence-electron chi connectivity index (χ1n) is 38.2. The van der Waals surface area contributed by atoms with Gasteiger partial charge in [0.25, 0.3) is 0 Å². The van der Waals surface area contributed by atoms with Crippen LogP contribution in [-0.2, 0) is 65.4 Å². The molecule has 0 amide bonds. The number of esters is 4. The first-order valence-corrected chi connectivity index (χ1v) is 41.2. The van der Waals surface area contributed by atoms with Crippen LogP contribution in [0.3, 0.4) is 0 Å². The van der Waals surface area contributed by atoms with Crippen LogP contribution in [0.15, 0.2) is 24.3 Å². The van der Waals surface area contributed by atoms with E-state index in [9.17, 15) is 43.2 Å². The molecule has 19 heteroatoms. The van der Waals surface area contributed by atoms with Gasteiger partial charge < -0.3 is 33.8 Å². The molecule has 0 fully saturated rings. The molecule has 0 saturated carbocycles. The number of carbonyl (C=O) groups excluding carboxylic acids is 4. The van der Waals surface area contributed by atoms with Crippen molar-refractivity contribution in [1.29, 1.82) is 0 Å². The molecule has 0 aromatic rings. The van der Waals surface area contributed by atoms with E-state index < -0.39 is 97.5 Å². The van der Waals surface area contributed by atoms with Crippen LogP contribution in [0.25, 0.3) is 0 Å². The van der Waals surface area contributed by atoms with E-state index in [1.165, 1.54) is 148 Å². The lowest BCUT2D eigenvalue weighted by Gasteiger charge is -2.21. The SMILES string of the molecule is CCCCCC/C=C\C=C/CCCCCCCC(=O)OC[C@H](COP(=O)(O)OCC(O)COP(=O)(O)OC[C@@H](COC(=O)CCCCCCCCCCC(C)C)OC(=O)CCCCCCCCC(C)C)OC(=O)CCCCCCCCCCCCCCCCCCC(C)C. The smallest absolute Gasteiger partial charge is 0.462 e. The van der Waals surface area contributed by atoms with E-state index in [2.05, 4.69) is 72.8 Å². The van der Waals surface area contributed by atoms with E-state index in [1.54, 1.807) is 0 Å². The van der Waals surface area contributed by atoms with Gasteiger partial charge in [-0.3, -0.25) is 37.3 Å². The summed E-state index contributed by atoms with van der Waals surface area (Å²) in [6.45, 7) is 11.7. The normalized spacial score (nSPS) is 14.3. The Morgan fingerprint density at radius 3 is 0.862 bits per heavy atom. The van der Waals surface area contributed by atoms with E-state index in [4.69, 9.17) is 37.0 Å². The maximum absolute atomic E-state index is 13.1. The molecule has 3 unspecified atom stereocenters. The summed E-state index contributed by atoms with van der Waals surface area (Å²) in [5.74, 6) is 0.0444. The third kappa shape index (κ3) is 68.1. The Morgan fingerprint density at radius 2 is 0.574 bits per heavy atom. The van der Waals surface area contributed by atoms with E-state index in [-0.39, 0.29) is 25.7 Å². The van der Waals surface area contributed by atoms with Gasteiger partial charge in [-0.25, -0.2) is 9.13 Å². The maximum atomic E-state index is 13.1. The molecule has 0 rings (SSSR count). The van der Waals surface area contributed by atoms with Crippen molar-refractivity contribution in [2.45, 2.75) is 375 Å². The van der Waals surface area contributed by atoms with Crippen LogP contribution in [0.5, 0.6) is 0 Å². The molecule has 0 heterocycles. The lowest BCUT2D eigenvalue weighted by molar-refractivity contribution is -0.161. The van der Waals surface area contributed by atoms with Crippen LogP contribution in [0, 0.1) is 17.8 Å². The number of hydrogen-bond acceptors (Lipinski definition) is 15.